The van der Waals surface area contributed by atoms with Crippen molar-refractivity contribution in [2.24, 2.45) is 0 Å². The summed E-state index contributed by atoms with van der Waals surface area (Å²) in [6.45, 7) is 0. The Bertz CT molecular complexity index is 699. The molecule has 1 aromatic heterocycles. The molecule has 0 aliphatic carbocycles. The lowest BCUT2D eigenvalue weighted by Crippen LogP contribution is -1.97. The summed E-state index contributed by atoms with van der Waals surface area (Å²) in [4.78, 5) is 3.60. The van der Waals surface area contributed by atoms with Gasteiger partial charge >= 0.3 is 0 Å². The van der Waals surface area contributed by atoms with Crippen LogP contribution < -0.4 is 4.74 Å². The van der Waals surface area contributed by atoms with Crippen LogP contribution in [0.3, 0.4) is 0 Å². The molecule has 0 aliphatic rings. The van der Waals surface area contributed by atoms with E-state index in [0.717, 1.165) is 0 Å². The zero-order valence-electron chi connectivity index (χ0n) is 9.18. The van der Waals surface area contributed by atoms with Crippen molar-refractivity contribution < 1.29 is 13.2 Å². The monoisotopic (exact) mass is 337 g/mol. The molecule has 0 spiro atoms. The number of hydrogen-bond donors (Lipinski definition) is 0. The van der Waals surface area contributed by atoms with E-state index in [2.05, 4.69) is 4.98 Å². The number of halogens is 3. The minimum Gasteiger partial charge on any atom is -0.438 e. The average Bonchev–Trinajstić information content (AvgIpc) is 2.26. The molecule has 0 saturated carbocycles. The molecule has 0 unspecified atom stereocenters. The van der Waals surface area contributed by atoms with Gasteiger partial charge in [-0.15, -0.1) is 0 Å². The van der Waals surface area contributed by atoms with E-state index in [1.807, 2.05) is 0 Å². The van der Waals surface area contributed by atoms with Crippen molar-refractivity contribution in [1.82, 2.24) is 4.98 Å². The van der Waals surface area contributed by atoms with E-state index < -0.39 is 9.05 Å². The largest absolute Gasteiger partial charge is 0.438 e. The molecule has 0 amide bonds. The average molecular weight is 339 g/mol. The van der Waals surface area contributed by atoms with Crippen molar-refractivity contribution in [3.8, 4) is 11.6 Å². The Morgan fingerprint density at radius 2 is 1.74 bits per heavy atom. The van der Waals surface area contributed by atoms with E-state index in [4.69, 9.17) is 38.6 Å². The second kappa shape index (κ2) is 5.54. The van der Waals surface area contributed by atoms with Gasteiger partial charge in [-0.05, 0) is 30.3 Å². The summed E-state index contributed by atoms with van der Waals surface area (Å²) in [7, 11) is 1.34. The molecule has 0 bridgehead atoms. The van der Waals surface area contributed by atoms with Crippen molar-refractivity contribution in [1.29, 1.82) is 0 Å². The van der Waals surface area contributed by atoms with Crippen molar-refractivity contribution in [2.75, 3.05) is 0 Å². The minimum atomic E-state index is -3.96. The summed E-state index contributed by atoms with van der Waals surface area (Å²) >= 11 is 11.6. The maximum Gasteiger partial charge on any atom is 0.266 e. The van der Waals surface area contributed by atoms with E-state index in [-0.39, 0.29) is 16.5 Å². The zero-order chi connectivity index (χ0) is 14.0. The second-order valence-corrected chi connectivity index (χ2v) is 6.86. The fourth-order valence-electron chi connectivity index (χ4n) is 1.34. The lowest BCUT2D eigenvalue weighted by atomic mass is 10.3. The highest BCUT2D eigenvalue weighted by Gasteiger charge is 2.18. The fourth-order valence-corrected chi connectivity index (χ4v) is 2.74. The van der Waals surface area contributed by atoms with Crippen LogP contribution in [0, 0.1) is 0 Å². The van der Waals surface area contributed by atoms with Crippen LogP contribution in [-0.2, 0) is 9.05 Å². The molecule has 0 saturated heterocycles. The third-order valence-corrected chi connectivity index (χ3v) is 3.82. The summed E-state index contributed by atoms with van der Waals surface area (Å²) in [6.07, 6.45) is 1.38. The van der Waals surface area contributed by atoms with Crippen LogP contribution in [0.15, 0.2) is 41.4 Å². The SMILES string of the molecule is O=S(=O)(Cl)c1cccnc1Oc1cc(Cl)cc(Cl)c1. The number of rotatable bonds is 3. The standard InChI is InChI=1S/C11H6Cl3NO3S/c12-7-4-8(13)6-9(5-7)18-11-10(19(14,16)17)2-1-3-15-11/h1-6H. The zero-order valence-corrected chi connectivity index (χ0v) is 12.3. The van der Waals surface area contributed by atoms with Gasteiger partial charge < -0.3 is 4.74 Å². The smallest absolute Gasteiger partial charge is 0.266 e. The molecule has 0 fully saturated rings. The van der Waals surface area contributed by atoms with Gasteiger partial charge in [0.2, 0.25) is 5.88 Å². The molecule has 19 heavy (non-hydrogen) atoms. The minimum absolute atomic E-state index is 0.143. The summed E-state index contributed by atoms with van der Waals surface area (Å²) in [5.74, 6) is 0.119. The Morgan fingerprint density at radius 1 is 1.11 bits per heavy atom. The van der Waals surface area contributed by atoms with Crippen LogP contribution in [0.1, 0.15) is 0 Å². The first kappa shape index (κ1) is 14.4. The molecule has 0 atom stereocenters. The number of aromatic nitrogens is 1. The van der Waals surface area contributed by atoms with Gasteiger partial charge in [0.25, 0.3) is 9.05 Å². The summed E-state index contributed by atoms with van der Waals surface area (Å²) in [6, 6.07) is 7.21. The summed E-state index contributed by atoms with van der Waals surface area (Å²) in [5.41, 5.74) is 0. The topological polar surface area (TPSA) is 56.3 Å². The Kier molecular flexibility index (Phi) is 4.20. The molecular weight excluding hydrogens is 333 g/mol. The van der Waals surface area contributed by atoms with Crippen molar-refractivity contribution >= 4 is 42.9 Å². The molecule has 4 nitrogen and oxygen atoms in total. The van der Waals surface area contributed by atoms with Crippen molar-refractivity contribution in [2.45, 2.75) is 4.90 Å². The molecule has 2 aromatic rings. The Hall–Kier alpha value is -1.01. The molecule has 2 rings (SSSR count). The van der Waals surface area contributed by atoms with Crippen LogP contribution in [0.4, 0.5) is 0 Å². The highest BCUT2D eigenvalue weighted by atomic mass is 35.7. The third kappa shape index (κ3) is 3.73. The van der Waals surface area contributed by atoms with Crippen molar-refractivity contribution in [3.63, 3.8) is 0 Å². The molecule has 8 heteroatoms. The van der Waals surface area contributed by atoms with Crippen molar-refractivity contribution in [3.05, 3.63) is 46.6 Å². The van der Waals surface area contributed by atoms with E-state index in [1.165, 1.54) is 36.5 Å². The van der Waals surface area contributed by atoms with Gasteiger partial charge in [-0.2, -0.15) is 0 Å². The van der Waals surface area contributed by atoms with Crippen LogP contribution in [-0.4, -0.2) is 13.4 Å². The highest BCUT2D eigenvalue weighted by Crippen LogP contribution is 2.31. The predicted molar refractivity (Wildman–Crippen MR) is 73.8 cm³/mol. The maximum absolute atomic E-state index is 11.4. The first-order valence-electron chi connectivity index (χ1n) is 4.90. The molecule has 1 heterocycles. The van der Waals surface area contributed by atoms with E-state index in [1.54, 1.807) is 0 Å². The quantitative estimate of drug-likeness (QED) is 0.790. The molecular formula is C11H6Cl3NO3S. The number of ether oxygens (including phenoxy) is 1. The van der Waals surface area contributed by atoms with Gasteiger partial charge in [0.15, 0.2) is 0 Å². The molecule has 100 valence electrons. The van der Waals surface area contributed by atoms with Gasteiger partial charge in [0, 0.05) is 26.9 Å². The van der Waals surface area contributed by atoms with Gasteiger partial charge in [0.05, 0.1) is 0 Å². The molecule has 0 N–H and O–H groups in total. The molecule has 0 aliphatic heterocycles. The Labute approximate surface area is 124 Å². The van der Waals surface area contributed by atoms with Crippen LogP contribution >= 0.6 is 33.9 Å². The third-order valence-electron chi connectivity index (χ3n) is 2.05. The van der Waals surface area contributed by atoms with Gasteiger partial charge in [-0.1, -0.05) is 23.2 Å². The van der Waals surface area contributed by atoms with E-state index >= 15 is 0 Å². The number of nitrogens with zero attached hydrogens (tertiary/aromatic N) is 1. The van der Waals surface area contributed by atoms with Crippen LogP contribution in [0.2, 0.25) is 10.0 Å². The fraction of sp³-hybridized carbons (Fsp3) is 0. The lowest BCUT2D eigenvalue weighted by molar-refractivity contribution is 0.448. The number of benzene rings is 1. The van der Waals surface area contributed by atoms with Gasteiger partial charge in [-0.25, -0.2) is 13.4 Å². The van der Waals surface area contributed by atoms with Gasteiger partial charge in [-0.3, -0.25) is 0 Å². The first-order valence-corrected chi connectivity index (χ1v) is 7.96. The second-order valence-electron chi connectivity index (χ2n) is 3.45. The number of pyridine rings is 1. The highest BCUT2D eigenvalue weighted by molar-refractivity contribution is 8.13. The van der Waals surface area contributed by atoms with E-state index in [9.17, 15) is 8.42 Å². The van der Waals surface area contributed by atoms with Crippen LogP contribution in [0.25, 0.3) is 0 Å². The lowest BCUT2D eigenvalue weighted by Gasteiger charge is -2.08. The van der Waals surface area contributed by atoms with Gasteiger partial charge in [0.1, 0.15) is 10.6 Å². The van der Waals surface area contributed by atoms with E-state index in [0.29, 0.717) is 10.0 Å². The summed E-state index contributed by atoms with van der Waals surface area (Å²) in [5, 5.41) is 0.711. The predicted octanol–water partition coefficient (Wildman–Crippen LogP) is 4.11. The number of hydrogen-bond acceptors (Lipinski definition) is 4. The normalized spacial score (nSPS) is 11.3. The molecule has 0 radical (unpaired) electrons. The molecule has 1 aromatic carbocycles. The Morgan fingerprint density at radius 3 is 2.32 bits per heavy atom. The first-order chi connectivity index (χ1) is 8.86. The summed E-state index contributed by atoms with van der Waals surface area (Å²) < 4.78 is 28.1. The Balaban J connectivity index is 2.44. The maximum atomic E-state index is 11.4. The van der Waals surface area contributed by atoms with Crippen LogP contribution in [0.5, 0.6) is 11.6 Å².